The topological polar surface area (TPSA) is 93.2 Å². The summed E-state index contributed by atoms with van der Waals surface area (Å²) >= 11 is 1.27. The highest BCUT2D eigenvalue weighted by Gasteiger charge is 2.51. The van der Waals surface area contributed by atoms with Crippen LogP contribution in [0.1, 0.15) is 26.4 Å². The lowest BCUT2D eigenvalue weighted by atomic mass is 9.97. The van der Waals surface area contributed by atoms with Crippen LogP contribution in [0.5, 0.6) is 5.75 Å². The molecule has 1 fully saturated rings. The number of fused-ring (bicyclic) bond motifs is 2. The zero-order valence-corrected chi connectivity index (χ0v) is 22.5. The van der Waals surface area contributed by atoms with Crippen LogP contribution in [-0.4, -0.2) is 51.5 Å². The van der Waals surface area contributed by atoms with E-state index in [4.69, 9.17) is 0 Å². The van der Waals surface area contributed by atoms with Gasteiger partial charge in [0.1, 0.15) is 22.8 Å². The highest BCUT2D eigenvalue weighted by atomic mass is 32.1. The van der Waals surface area contributed by atoms with Crippen molar-refractivity contribution in [1.82, 2.24) is 15.1 Å². The summed E-state index contributed by atoms with van der Waals surface area (Å²) in [4.78, 5) is 47.1. The predicted molar refractivity (Wildman–Crippen MR) is 153 cm³/mol. The quantitative estimate of drug-likeness (QED) is 0.366. The average molecular weight is 553 g/mol. The summed E-state index contributed by atoms with van der Waals surface area (Å²) in [7, 11) is 0. The number of benzene rings is 3. The van der Waals surface area contributed by atoms with Crippen molar-refractivity contribution in [2.45, 2.75) is 31.7 Å². The summed E-state index contributed by atoms with van der Waals surface area (Å²) in [6, 6.07) is 26.6. The van der Waals surface area contributed by atoms with Crippen LogP contribution in [0.25, 0.3) is 0 Å². The molecule has 3 aromatic carbocycles. The van der Waals surface area contributed by atoms with Gasteiger partial charge < -0.3 is 20.2 Å². The van der Waals surface area contributed by atoms with Crippen molar-refractivity contribution in [1.29, 1.82) is 0 Å². The molecule has 0 saturated carbocycles. The van der Waals surface area contributed by atoms with Gasteiger partial charge in [-0.05, 0) is 40.3 Å². The molecule has 4 amide bonds. The van der Waals surface area contributed by atoms with Gasteiger partial charge in [-0.1, -0.05) is 72.8 Å². The van der Waals surface area contributed by atoms with Crippen molar-refractivity contribution < 1.29 is 19.5 Å². The van der Waals surface area contributed by atoms with Crippen molar-refractivity contribution in [3.8, 4) is 5.75 Å². The Morgan fingerprint density at radius 2 is 1.55 bits per heavy atom. The second-order valence-corrected chi connectivity index (χ2v) is 10.8. The van der Waals surface area contributed by atoms with E-state index in [9.17, 15) is 19.5 Å². The highest BCUT2D eigenvalue weighted by Crippen LogP contribution is 2.39. The number of carbonyl (C=O) groups is 3. The van der Waals surface area contributed by atoms with Gasteiger partial charge in [-0.2, -0.15) is 0 Å². The maximum absolute atomic E-state index is 14.0. The third kappa shape index (κ3) is 4.91. The third-order valence-corrected chi connectivity index (χ3v) is 8.25. The molecule has 2 atom stereocenters. The van der Waals surface area contributed by atoms with Gasteiger partial charge in [0.05, 0.1) is 12.2 Å². The standard InChI is InChI=1S/C31H28N4O4S/c36-24-13-11-21(12-14-24)17-26-29(37)33(19-23-9-5-2-6-10-23)20-27-34(26)30(38)28-25(15-16-40-28)35(27)31(39)32-18-22-7-3-1-4-8-22/h1-16,26-27,36H,17-20H2,(H,32,39). The Kier molecular flexibility index (Phi) is 6.96. The number of amides is 4. The van der Waals surface area contributed by atoms with Crippen LogP contribution < -0.4 is 10.2 Å². The fourth-order valence-electron chi connectivity index (χ4n) is 5.42. The molecular weight excluding hydrogens is 524 g/mol. The van der Waals surface area contributed by atoms with Gasteiger partial charge in [-0.3, -0.25) is 14.5 Å². The number of aromatic hydroxyl groups is 1. The van der Waals surface area contributed by atoms with Gasteiger partial charge in [-0.15, -0.1) is 11.3 Å². The summed E-state index contributed by atoms with van der Waals surface area (Å²) in [6.07, 6.45) is -0.429. The molecule has 2 aliphatic rings. The number of urea groups is 1. The van der Waals surface area contributed by atoms with Gasteiger partial charge in [0.15, 0.2) is 0 Å². The van der Waals surface area contributed by atoms with Crippen LogP contribution in [0.4, 0.5) is 10.5 Å². The zero-order valence-electron chi connectivity index (χ0n) is 21.6. The third-order valence-electron chi connectivity index (χ3n) is 7.36. The second kappa shape index (κ2) is 10.9. The molecule has 2 N–H and O–H groups in total. The summed E-state index contributed by atoms with van der Waals surface area (Å²) < 4.78 is 0. The van der Waals surface area contributed by atoms with E-state index in [0.717, 1.165) is 16.7 Å². The number of anilines is 1. The van der Waals surface area contributed by atoms with Gasteiger partial charge >= 0.3 is 6.03 Å². The molecule has 4 aromatic rings. The smallest absolute Gasteiger partial charge is 0.323 e. The van der Waals surface area contributed by atoms with Crippen LogP contribution >= 0.6 is 11.3 Å². The van der Waals surface area contributed by atoms with E-state index in [-0.39, 0.29) is 36.6 Å². The summed E-state index contributed by atoms with van der Waals surface area (Å²) in [5, 5.41) is 14.6. The molecule has 1 saturated heterocycles. The Hall–Kier alpha value is -4.63. The van der Waals surface area contributed by atoms with E-state index in [1.54, 1.807) is 50.4 Å². The molecule has 202 valence electrons. The molecule has 6 rings (SSSR count). The molecule has 0 spiro atoms. The Labute approximate surface area is 236 Å². The van der Waals surface area contributed by atoms with E-state index in [2.05, 4.69) is 5.32 Å². The lowest BCUT2D eigenvalue weighted by Gasteiger charge is -2.51. The number of hydrogen-bond donors (Lipinski definition) is 2. The van der Waals surface area contributed by atoms with Gasteiger partial charge in [0.2, 0.25) is 5.91 Å². The Bertz CT molecular complexity index is 1520. The molecular formula is C31H28N4O4S. The lowest BCUT2D eigenvalue weighted by Crippen LogP contribution is -2.71. The van der Waals surface area contributed by atoms with Gasteiger partial charge in [-0.25, -0.2) is 4.79 Å². The van der Waals surface area contributed by atoms with E-state index >= 15 is 0 Å². The van der Waals surface area contributed by atoms with Crippen LogP contribution in [0.15, 0.2) is 96.4 Å². The number of nitrogens with zero attached hydrogens (tertiary/aromatic N) is 3. The van der Waals surface area contributed by atoms with Crippen molar-refractivity contribution in [2.75, 3.05) is 11.4 Å². The lowest BCUT2D eigenvalue weighted by molar-refractivity contribution is -0.143. The average Bonchev–Trinajstić information content (AvgIpc) is 3.46. The summed E-state index contributed by atoms with van der Waals surface area (Å²) in [6.45, 7) is 0.875. The van der Waals surface area contributed by atoms with E-state index < -0.39 is 12.2 Å². The van der Waals surface area contributed by atoms with Crippen molar-refractivity contribution >= 4 is 34.9 Å². The first kappa shape index (κ1) is 25.6. The van der Waals surface area contributed by atoms with E-state index in [1.807, 2.05) is 60.7 Å². The molecule has 0 radical (unpaired) electrons. The molecule has 8 nitrogen and oxygen atoms in total. The number of thiophene rings is 1. The number of phenols is 1. The van der Waals surface area contributed by atoms with Gasteiger partial charge in [0, 0.05) is 19.5 Å². The minimum Gasteiger partial charge on any atom is -0.508 e. The maximum atomic E-state index is 14.0. The molecule has 40 heavy (non-hydrogen) atoms. The number of hydrogen-bond acceptors (Lipinski definition) is 5. The number of piperazine rings is 1. The maximum Gasteiger partial charge on any atom is 0.323 e. The summed E-state index contributed by atoms with van der Waals surface area (Å²) in [5.41, 5.74) is 3.28. The Morgan fingerprint density at radius 1 is 0.875 bits per heavy atom. The second-order valence-electron chi connectivity index (χ2n) is 9.93. The number of nitrogens with one attached hydrogen (secondary N) is 1. The fraction of sp³-hybridized carbons (Fsp3) is 0.194. The van der Waals surface area contributed by atoms with Crippen LogP contribution in [-0.2, 0) is 24.3 Å². The largest absolute Gasteiger partial charge is 0.508 e. The number of phenolic OH excluding ortho intramolecular Hbond substituents is 1. The first-order valence-electron chi connectivity index (χ1n) is 13.1. The van der Waals surface area contributed by atoms with Crippen molar-refractivity contribution in [3.05, 3.63) is 118 Å². The van der Waals surface area contributed by atoms with Gasteiger partial charge in [0.25, 0.3) is 5.91 Å². The normalized spacial score (nSPS) is 18.4. The fourth-order valence-corrected chi connectivity index (χ4v) is 6.24. The molecule has 3 heterocycles. The monoisotopic (exact) mass is 552 g/mol. The molecule has 0 aliphatic carbocycles. The summed E-state index contributed by atoms with van der Waals surface area (Å²) in [5.74, 6) is -0.300. The molecule has 1 aromatic heterocycles. The minimum atomic E-state index is -0.820. The Balaban J connectivity index is 1.37. The van der Waals surface area contributed by atoms with E-state index in [0.29, 0.717) is 23.7 Å². The van der Waals surface area contributed by atoms with Crippen molar-refractivity contribution in [2.24, 2.45) is 0 Å². The predicted octanol–water partition coefficient (Wildman–Crippen LogP) is 4.61. The molecule has 9 heteroatoms. The first-order valence-corrected chi connectivity index (χ1v) is 14.0. The zero-order chi connectivity index (χ0) is 27.6. The number of rotatable bonds is 6. The molecule has 2 aliphatic heterocycles. The minimum absolute atomic E-state index is 0.126. The van der Waals surface area contributed by atoms with Crippen LogP contribution in [0.2, 0.25) is 0 Å². The molecule has 0 bridgehead atoms. The van der Waals surface area contributed by atoms with Crippen LogP contribution in [0.3, 0.4) is 0 Å². The molecule has 2 unspecified atom stereocenters. The van der Waals surface area contributed by atoms with Crippen LogP contribution in [0, 0.1) is 0 Å². The first-order chi connectivity index (χ1) is 19.5. The van der Waals surface area contributed by atoms with Crippen molar-refractivity contribution in [3.63, 3.8) is 0 Å². The number of carbonyl (C=O) groups excluding carboxylic acids is 3. The highest BCUT2D eigenvalue weighted by molar-refractivity contribution is 7.12. The SMILES string of the molecule is O=C1C(Cc2ccc(O)cc2)N2C(=O)c3sccc3N(C(=O)NCc3ccccc3)C2CN1Cc1ccccc1. The Morgan fingerprint density at radius 3 is 2.25 bits per heavy atom. The van der Waals surface area contributed by atoms with E-state index in [1.165, 1.54) is 11.3 Å².